The van der Waals surface area contributed by atoms with Crippen molar-refractivity contribution in [1.29, 1.82) is 0 Å². The molecule has 5 nitrogen and oxygen atoms in total. The number of aromatic nitrogens is 2. The normalized spacial score (nSPS) is 26.6. The molecular weight excluding hydrogens is 284 g/mol. The van der Waals surface area contributed by atoms with E-state index in [1.54, 1.807) is 0 Å². The molecule has 1 saturated carbocycles. The molecule has 2 atom stereocenters. The standard InChI is InChI=1S/C15H26N4OS/c1-10(2)12-14(21-19-18-12)13(17-16)11-5-8-20-15(9-11)6-3-4-7-15/h10-11,13,17H,3-9,16H2,1-2H3. The largest absolute Gasteiger partial charge is 0.375 e. The molecular formula is C15H26N4OS. The fourth-order valence-corrected chi connectivity index (χ4v) is 4.93. The fraction of sp³-hybridized carbons (Fsp3) is 0.867. The number of ether oxygens (including phenoxy) is 1. The van der Waals surface area contributed by atoms with E-state index >= 15 is 0 Å². The third-order valence-corrected chi connectivity index (χ3v) is 5.89. The monoisotopic (exact) mass is 310 g/mol. The van der Waals surface area contributed by atoms with E-state index in [2.05, 4.69) is 28.9 Å². The summed E-state index contributed by atoms with van der Waals surface area (Å²) in [7, 11) is 0. The minimum absolute atomic E-state index is 0.119. The zero-order valence-corrected chi connectivity index (χ0v) is 13.8. The van der Waals surface area contributed by atoms with Gasteiger partial charge in [-0.15, -0.1) is 5.10 Å². The maximum absolute atomic E-state index is 6.15. The topological polar surface area (TPSA) is 73.1 Å². The third kappa shape index (κ3) is 2.99. The number of hydrogen-bond acceptors (Lipinski definition) is 6. The van der Waals surface area contributed by atoms with Crippen LogP contribution in [0.5, 0.6) is 0 Å². The smallest absolute Gasteiger partial charge is 0.0829 e. The summed E-state index contributed by atoms with van der Waals surface area (Å²) in [5.74, 6) is 6.81. The average Bonchev–Trinajstić information content (AvgIpc) is 3.10. The van der Waals surface area contributed by atoms with Crippen LogP contribution in [0, 0.1) is 5.92 Å². The molecule has 1 aromatic rings. The first-order valence-electron chi connectivity index (χ1n) is 8.07. The van der Waals surface area contributed by atoms with Gasteiger partial charge in [0.25, 0.3) is 0 Å². The molecule has 6 heteroatoms. The van der Waals surface area contributed by atoms with Gasteiger partial charge < -0.3 is 4.74 Å². The molecule has 0 radical (unpaired) electrons. The molecule has 2 fully saturated rings. The predicted molar refractivity (Wildman–Crippen MR) is 83.9 cm³/mol. The van der Waals surface area contributed by atoms with Crippen LogP contribution >= 0.6 is 11.5 Å². The zero-order chi connectivity index (χ0) is 14.9. The lowest BCUT2D eigenvalue weighted by molar-refractivity contribution is -0.0981. The van der Waals surface area contributed by atoms with Gasteiger partial charge in [0.05, 0.1) is 22.2 Å². The van der Waals surface area contributed by atoms with E-state index in [-0.39, 0.29) is 11.6 Å². The SMILES string of the molecule is CC(C)c1nnsc1C(NN)C1CCOC2(CCCC2)C1. The van der Waals surface area contributed by atoms with Gasteiger partial charge >= 0.3 is 0 Å². The number of nitrogens with two attached hydrogens (primary N) is 1. The Labute approximate surface area is 130 Å². The molecule has 3 N–H and O–H groups in total. The van der Waals surface area contributed by atoms with E-state index in [1.807, 2.05) is 0 Å². The highest BCUT2D eigenvalue weighted by Gasteiger charge is 2.43. The Morgan fingerprint density at radius 1 is 1.38 bits per heavy atom. The van der Waals surface area contributed by atoms with E-state index < -0.39 is 0 Å². The molecule has 0 bridgehead atoms. The Morgan fingerprint density at radius 3 is 2.81 bits per heavy atom. The van der Waals surface area contributed by atoms with Crippen molar-refractivity contribution in [3.63, 3.8) is 0 Å². The first-order chi connectivity index (χ1) is 10.2. The van der Waals surface area contributed by atoms with Gasteiger partial charge in [-0.1, -0.05) is 31.2 Å². The van der Waals surface area contributed by atoms with Crippen LogP contribution in [0.3, 0.4) is 0 Å². The summed E-state index contributed by atoms with van der Waals surface area (Å²) in [4.78, 5) is 1.22. The highest BCUT2D eigenvalue weighted by atomic mass is 32.1. The molecule has 2 unspecified atom stereocenters. The third-order valence-electron chi connectivity index (χ3n) is 5.07. The number of nitrogens with one attached hydrogen (secondary N) is 1. The molecule has 2 heterocycles. The molecule has 118 valence electrons. The van der Waals surface area contributed by atoms with Crippen molar-refractivity contribution in [3.8, 4) is 0 Å². The minimum atomic E-state index is 0.119. The Kier molecular flexibility index (Phi) is 4.59. The van der Waals surface area contributed by atoms with Gasteiger partial charge in [-0.2, -0.15) is 0 Å². The van der Waals surface area contributed by atoms with E-state index in [4.69, 9.17) is 10.6 Å². The molecule has 0 aromatic carbocycles. The van der Waals surface area contributed by atoms with Crippen LogP contribution in [0.25, 0.3) is 0 Å². The van der Waals surface area contributed by atoms with Crippen molar-refractivity contribution in [3.05, 3.63) is 10.6 Å². The van der Waals surface area contributed by atoms with Crippen molar-refractivity contribution in [2.45, 2.75) is 69.9 Å². The van der Waals surface area contributed by atoms with Gasteiger partial charge in [0.2, 0.25) is 0 Å². The second kappa shape index (κ2) is 6.28. The van der Waals surface area contributed by atoms with Crippen LogP contribution in [0.4, 0.5) is 0 Å². The first-order valence-corrected chi connectivity index (χ1v) is 8.85. The lowest BCUT2D eigenvalue weighted by Gasteiger charge is -2.41. The average molecular weight is 310 g/mol. The maximum atomic E-state index is 6.15. The van der Waals surface area contributed by atoms with Gasteiger partial charge in [0.1, 0.15) is 0 Å². The summed E-state index contributed by atoms with van der Waals surface area (Å²) < 4.78 is 10.3. The van der Waals surface area contributed by atoms with Crippen molar-refractivity contribution in [2.24, 2.45) is 11.8 Å². The molecule has 1 saturated heterocycles. The molecule has 21 heavy (non-hydrogen) atoms. The molecule has 0 amide bonds. The molecule has 1 aromatic heterocycles. The summed E-state index contributed by atoms with van der Waals surface area (Å²) in [6, 6.07) is 0.156. The summed E-state index contributed by atoms with van der Waals surface area (Å²) in [6.07, 6.45) is 7.18. The van der Waals surface area contributed by atoms with Crippen LogP contribution in [-0.2, 0) is 4.74 Å². The van der Waals surface area contributed by atoms with Gasteiger partial charge in [-0.25, -0.2) is 0 Å². The second-order valence-corrected chi connectivity index (χ2v) is 7.60. The molecule has 3 rings (SSSR count). The van der Waals surface area contributed by atoms with E-state index in [9.17, 15) is 0 Å². The van der Waals surface area contributed by atoms with Crippen LogP contribution in [0.1, 0.15) is 74.9 Å². The summed E-state index contributed by atoms with van der Waals surface area (Å²) in [5.41, 5.74) is 4.26. The van der Waals surface area contributed by atoms with Crippen LogP contribution in [-0.4, -0.2) is 21.8 Å². The predicted octanol–water partition coefficient (Wildman–Crippen LogP) is 2.91. The molecule has 1 aliphatic carbocycles. The molecule has 2 aliphatic rings. The van der Waals surface area contributed by atoms with E-state index in [0.717, 1.165) is 25.1 Å². The van der Waals surface area contributed by atoms with E-state index in [1.165, 1.54) is 42.1 Å². The molecule has 1 aliphatic heterocycles. The van der Waals surface area contributed by atoms with Crippen molar-refractivity contribution >= 4 is 11.5 Å². The summed E-state index contributed by atoms with van der Waals surface area (Å²) in [5, 5.41) is 4.31. The molecule has 1 spiro atoms. The Balaban J connectivity index is 1.80. The van der Waals surface area contributed by atoms with Gasteiger partial charge in [0.15, 0.2) is 0 Å². The number of nitrogens with zero attached hydrogens (tertiary/aromatic N) is 2. The van der Waals surface area contributed by atoms with Crippen molar-refractivity contribution < 1.29 is 4.74 Å². The van der Waals surface area contributed by atoms with Crippen LogP contribution in [0.2, 0.25) is 0 Å². The van der Waals surface area contributed by atoms with Gasteiger partial charge in [0, 0.05) is 6.61 Å². The van der Waals surface area contributed by atoms with Crippen LogP contribution < -0.4 is 11.3 Å². The fourth-order valence-electron chi connectivity index (χ4n) is 3.96. The van der Waals surface area contributed by atoms with Gasteiger partial charge in [-0.3, -0.25) is 11.3 Å². The second-order valence-electron chi connectivity index (χ2n) is 6.81. The lowest BCUT2D eigenvalue weighted by atomic mass is 9.80. The van der Waals surface area contributed by atoms with Gasteiger partial charge in [-0.05, 0) is 49.1 Å². The zero-order valence-electron chi connectivity index (χ0n) is 13.0. The number of hydrogen-bond donors (Lipinski definition) is 2. The lowest BCUT2D eigenvalue weighted by Crippen LogP contribution is -2.43. The van der Waals surface area contributed by atoms with Crippen LogP contribution in [0.15, 0.2) is 0 Å². The Morgan fingerprint density at radius 2 is 2.14 bits per heavy atom. The Hall–Kier alpha value is -0.560. The minimum Gasteiger partial charge on any atom is -0.375 e. The number of hydrazine groups is 1. The highest BCUT2D eigenvalue weighted by Crippen LogP contribution is 2.46. The summed E-state index contributed by atoms with van der Waals surface area (Å²) in [6.45, 7) is 5.18. The van der Waals surface area contributed by atoms with Crippen molar-refractivity contribution in [2.75, 3.05) is 6.61 Å². The Bertz CT molecular complexity index is 470. The first kappa shape index (κ1) is 15.3. The summed E-state index contributed by atoms with van der Waals surface area (Å²) >= 11 is 1.49. The quantitative estimate of drug-likeness (QED) is 0.661. The van der Waals surface area contributed by atoms with E-state index in [0.29, 0.717) is 11.8 Å². The van der Waals surface area contributed by atoms with Crippen molar-refractivity contribution in [1.82, 2.24) is 15.0 Å². The highest BCUT2D eigenvalue weighted by molar-refractivity contribution is 7.05. The maximum Gasteiger partial charge on any atom is 0.0829 e. The number of rotatable bonds is 4.